The zero-order valence-corrected chi connectivity index (χ0v) is 17.9. The van der Waals surface area contributed by atoms with Gasteiger partial charge in [-0.15, -0.1) is 15.0 Å². The highest BCUT2D eigenvalue weighted by Gasteiger charge is 2.34. The van der Waals surface area contributed by atoms with Gasteiger partial charge in [0, 0.05) is 18.5 Å². The summed E-state index contributed by atoms with van der Waals surface area (Å²) in [6, 6.07) is 7.50. The van der Waals surface area contributed by atoms with Crippen molar-refractivity contribution >= 4 is 5.91 Å². The van der Waals surface area contributed by atoms with Crippen LogP contribution in [0.1, 0.15) is 79.6 Å². The van der Waals surface area contributed by atoms with Gasteiger partial charge in [0.15, 0.2) is 12.2 Å². The normalized spacial score (nSPS) is 20.3. The SMILES string of the molecule is CC[C@@H](C)c1nc([C@@H]2CC[C@@H](C)N(C(=O)c3ccccc3-n3ncnn3)C2)oc1C. The number of likely N-dealkylation sites (tertiary alicyclic amines) is 1. The zero-order chi connectivity index (χ0) is 21.3. The van der Waals surface area contributed by atoms with Crippen molar-refractivity contribution in [3.8, 4) is 5.69 Å². The lowest BCUT2D eigenvalue weighted by Crippen LogP contribution is -2.45. The number of tetrazole rings is 1. The Morgan fingerprint density at radius 3 is 2.83 bits per heavy atom. The van der Waals surface area contributed by atoms with Crippen LogP contribution in [0.15, 0.2) is 35.0 Å². The van der Waals surface area contributed by atoms with Crippen molar-refractivity contribution in [3.05, 3.63) is 53.5 Å². The molecular weight excluding hydrogens is 380 g/mol. The molecular formula is C22H28N6O2. The number of piperidine rings is 1. The fraction of sp³-hybridized carbons (Fsp3) is 0.500. The minimum Gasteiger partial charge on any atom is -0.445 e. The van der Waals surface area contributed by atoms with E-state index in [4.69, 9.17) is 9.40 Å². The molecule has 1 amide bonds. The Labute approximate surface area is 176 Å². The molecule has 3 atom stereocenters. The van der Waals surface area contributed by atoms with Crippen molar-refractivity contribution in [1.82, 2.24) is 30.1 Å². The van der Waals surface area contributed by atoms with Gasteiger partial charge in [0.25, 0.3) is 5.91 Å². The van der Waals surface area contributed by atoms with Gasteiger partial charge < -0.3 is 9.32 Å². The van der Waals surface area contributed by atoms with Gasteiger partial charge >= 0.3 is 0 Å². The highest BCUT2D eigenvalue weighted by Crippen LogP contribution is 2.33. The summed E-state index contributed by atoms with van der Waals surface area (Å²) in [4.78, 5) is 21.6. The highest BCUT2D eigenvalue weighted by molar-refractivity contribution is 5.98. The second-order valence-corrected chi connectivity index (χ2v) is 8.13. The maximum atomic E-state index is 13.5. The van der Waals surface area contributed by atoms with E-state index in [9.17, 15) is 4.79 Å². The second-order valence-electron chi connectivity index (χ2n) is 8.13. The van der Waals surface area contributed by atoms with Crippen molar-refractivity contribution < 1.29 is 9.21 Å². The van der Waals surface area contributed by atoms with E-state index in [1.165, 1.54) is 11.1 Å². The summed E-state index contributed by atoms with van der Waals surface area (Å²) < 4.78 is 6.05. The standard InChI is InChI=1S/C22H28N6O2/c1-5-14(2)20-16(4)30-21(25-20)17-11-10-15(3)27(12-17)22(29)18-8-6-7-9-19(18)28-24-13-23-26-28/h6-9,13-15,17H,5,10-12H2,1-4H3/t14-,15-,17-/m1/s1. The van der Waals surface area contributed by atoms with Crippen LogP contribution in [0.5, 0.6) is 0 Å². The van der Waals surface area contributed by atoms with Gasteiger partial charge in [-0.05, 0) is 50.5 Å². The van der Waals surface area contributed by atoms with Crippen LogP contribution in [-0.2, 0) is 0 Å². The molecule has 1 aliphatic rings. The minimum absolute atomic E-state index is 0.0365. The molecule has 1 aromatic carbocycles. The van der Waals surface area contributed by atoms with E-state index in [0.29, 0.717) is 23.7 Å². The first-order chi connectivity index (χ1) is 14.5. The molecule has 1 saturated heterocycles. The van der Waals surface area contributed by atoms with Gasteiger partial charge in [-0.2, -0.15) is 0 Å². The second kappa shape index (κ2) is 8.38. The summed E-state index contributed by atoms with van der Waals surface area (Å²) in [5.41, 5.74) is 2.22. The molecule has 1 aliphatic heterocycles. The number of hydrogen-bond acceptors (Lipinski definition) is 6. The van der Waals surface area contributed by atoms with Crippen LogP contribution in [0.2, 0.25) is 0 Å². The molecule has 0 bridgehead atoms. The van der Waals surface area contributed by atoms with Gasteiger partial charge in [-0.1, -0.05) is 26.0 Å². The highest BCUT2D eigenvalue weighted by atomic mass is 16.4. The number of para-hydroxylation sites is 1. The average molecular weight is 409 g/mol. The predicted molar refractivity (Wildman–Crippen MR) is 112 cm³/mol. The van der Waals surface area contributed by atoms with E-state index in [1.807, 2.05) is 36.1 Å². The van der Waals surface area contributed by atoms with Crippen LogP contribution in [0.3, 0.4) is 0 Å². The maximum Gasteiger partial charge on any atom is 0.256 e. The first kappa shape index (κ1) is 20.3. The van der Waals surface area contributed by atoms with E-state index >= 15 is 0 Å². The molecule has 8 heteroatoms. The number of nitrogens with zero attached hydrogens (tertiary/aromatic N) is 6. The van der Waals surface area contributed by atoms with Gasteiger partial charge in [-0.3, -0.25) is 4.79 Å². The summed E-state index contributed by atoms with van der Waals surface area (Å²) in [6.45, 7) is 8.98. The monoisotopic (exact) mass is 408 g/mol. The van der Waals surface area contributed by atoms with E-state index in [-0.39, 0.29) is 17.9 Å². The minimum atomic E-state index is -0.0365. The Morgan fingerprint density at radius 2 is 2.10 bits per heavy atom. The molecule has 3 aromatic rings. The van der Waals surface area contributed by atoms with Crippen molar-refractivity contribution in [2.45, 2.75) is 64.8 Å². The van der Waals surface area contributed by atoms with Crippen molar-refractivity contribution in [2.75, 3.05) is 6.54 Å². The molecule has 4 rings (SSSR count). The molecule has 1 fully saturated rings. The lowest BCUT2D eigenvalue weighted by atomic mass is 9.92. The topological polar surface area (TPSA) is 89.9 Å². The molecule has 0 spiro atoms. The number of amides is 1. The quantitative estimate of drug-likeness (QED) is 0.636. The third kappa shape index (κ3) is 3.74. The van der Waals surface area contributed by atoms with Crippen LogP contribution in [0.25, 0.3) is 5.69 Å². The van der Waals surface area contributed by atoms with Crippen LogP contribution < -0.4 is 0 Å². The van der Waals surface area contributed by atoms with Gasteiger partial charge in [0.1, 0.15) is 11.4 Å². The fourth-order valence-corrected chi connectivity index (χ4v) is 4.11. The number of carbonyl (C=O) groups is 1. The molecule has 30 heavy (non-hydrogen) atoms. The lowest BCUT2D eigenvalue weighted by molar-refractivity contribution is 0.0596. The number of aromatic nitrogens is 5. The van der Waals surface area contributed by atoms with Crippen molar-refractivity contribution in [3.63, 3.8) is 0 Å². The Bertz CT molecular complexity index is 1010. The largest absolute Gasteiger partial charge is 0.445 e. The van der Waals surface area contributed by atoms with Crippen molar-refractivity contribution in [1.29, 1.82) is 0 Å². The molecule has 8 nitrogen and oxygen atoms in total. The molecule has 0 aliphatic carbocycles. The fourth-order valence-electron chi connectivity index (χ4n) is 4.11. The van der Waals surface area contributed by atoms with E-state index in [1.54, 1.807) is 0 Å². The van der Waals surface area contributed by atoms with Gasteiger partial charge in [0.2, 0.25) is 0 Å². The summed E-state index contributed by atoms with van der Waals surface area (Å²) in [5, 5.41) is 11.8. The Hall–Kier alpha value is -3.03. The van der Waals surface area contributed by atoms with Crippen LogP contribution in [-0.4, -0.2) is 48.6 Å². The Kier molecular flexibility index (Phi) is 5.65. The number of aryl methyl sites for hydroxylation is 1. The van der Waals surface area contributed by atoms with E-state index in [2.05, 4.69) is 36.2 Å². The van der Waals surface area contributed by atoms with Crippen LogP contribution >= 0.6 is 0 Å². The molecule has 3 heterocycles. The third-order valence-electron chi connectivity index (χ3n) is 6.12. The molecule has 0 radical (unpaired) electrons. The van der Waals surface area contributed by atoms with E-state index < -0.39 is 0 Å². The third-order valence-corrected chi connectivity index (χ3v) is 6.12. The van der Waals surface area contributed by atoms with Gasteiger partial charge in [0.05, 0.1) is 17.2 Å². The number of oxazole rings is 1. The number of hydrogen-bond donors (Lipinski definition) is 0. The maximum absolute atomic E-state index is 13.5. The number of carbonyl (C=O) groups excluding carboxylic acids is 1. The summed E-state index contributed by atoms with van der Waals surface area (Å²) in [6.07, 6.45) is 4.24. The summed E-state index contributed by atoms with van der Waals surface area (Å²) in [7, 11) is 0. The summed E-state index contributed by atoms with van der Waals surface area (Å²) >= 11 is 0. The molecule has 158 valence electrons. The zero-order valence-electron chi connectivity index (χ0n) is 17.9. The first-order valence-electron chi connectivity index (χ1n) is 10.6. The Morgan fingerprint density at radius 1 is 1.30 bits per heavy atom. The summed E-state index contributed by atoms with van der Waals surface area (Å²) in [5.74, 6) is 2.06. The Balaban J connectivity index is 1.60. The molecule has 2 aromatic heterocycles. The lowest BCUT2D eigenvalue weighted by Gasteiger charge is -2.37. The average Bonchev–Trinajstić information content (AvgIpc) is 3.43. The number of rotatable bonds is 5. The smallest absolute Gasteiger partial charge is 0.256 e. The first-order valence-corrected chi connectivity index (χ1v) is 10.6. The molecule has 0 unspecified atom stereocenters. The molecule has 0 N–H and O–H groups in total. The van der Waals surface area contributed by atoms with Crippen LogP contribution in [0.4, 0.5) is 0 Å². The van der Waals surface area contributed by atoms with Crippen LogP contribution in [0, 0.1) is 6.92 Å². The predicted octanol–water partition coefficient (Wildman–Crippen LogP) is 3.88. The molecule has 0 saturated carbocycles. The van der Waals surface area contributed by atoms with E-state index in [0.717, 1.165) is 36.6 Å². The number of benzene rings is 1. The van der Waals surface area contributed by atoms with Gasteiger partial charge in [-0.25, -0.2) is 4.98 Å². The van der Waals surface area contributed by atoms with Crippen molar-refractivity contribution in [2.24, 2.45) is 0 Å².